The lowest BCUT2D eigenvalue weighted by Crippen LogP contribution is -2.34. The van der Waals surface area contributed by atoms with E-state index in [1.165, 1.54) is 29.3 Å². The lowest BCUT2D eigenvalue weighted by Gasteiger charge is -2.15. The Morgan fingerprint density at radius 3 is 2.41 bits per heavy atom. The molecule has 0 fully saturated rings. The van der Waals surface area contributed by atoms with E-state index in [1.54, 1.807) is 13.0 Å². The summed E-state index contributed by atoms with van der Waals surface area (Å²) in [5.41, 5.74) is 2.98. The third-order valence-corrected chi connectivity index (χ3v) is 8.05. The molecule has 2 heterocycles. The van der Waals surface area contributed by atoms with Gasteiger partial charge in [0.1, 0.15) is 4.21 Å². The molecule has 3 N–H and O–H groups in total. The number of nitrogens with zero attached hydrogens (tertiary/aromatic N) is 2. The van der Waals surface area contributed by atoms with Crippen LogP contribution in [-0.2, 0) is 14.8 Å². The molecule has 1 aliphatic heterocycles. The molecule has 0 aliphatic carbocycles. The number of hydrogen-bond acceptors (Lipinski definition) is 7. The Kier molecular flexibility index (Phi) is 6.60. The molecule has 176 valence electrons. The first-order valence-electron chi connectivity index (χ1n) is 10.0. The van der Waals surface area contributed by atoms with E-state index in [0.717, 1.165) is 27.5 Å². The van der Waals surface area contributed by atoms with Crippen LogP contribution in [0.5, 0.6) is 0 Å². The number of carbonyl (C=O) groups excluding carboxylic acids is 2. The van der Waals surface area contributed by atoms with Crippen molar-refractivity contribution in [1.82, 2.24) is 4.72 Å². The monoisotopic (exact) mass is 517 g/mol. The fraction of sp³-hybridized carbons (Fsp3) is 0.136. The zero-order valence-corrected chi connectivity index (χ0v) is 20.5. The van der Waals surface area contributed by atoms with Crippen LogP contribution in [0.3, 0.4) is 0 Å². The number of urea groups is 1. The van der Waals surface area contributed by atoms with Crippen molar-refractivity contribution < 1.29 is 18.0 Å². The Bertz CT molecular complexity index is 1400. The van der Waals surface area contributed by atoms with Crippen molar-refractivity contribution in [3.63, 3.8) is 0 Å². The van der Waals surface area contributed by atoms with Crippen LogP contribution in [0, 0.1) is 6.92 Å². The van der Waals surface area contributed by atoms with Crippen molar-refractivity contribution >= 4 is 67.7 Å². The van der Waals surface area contributed by atoms with Gasteiger partial charge in [0, 0.05) is 23.3 Å². The van der Waals surface area contributed by atoms with Crippen LogP contribution in [0.25, 0.3) is 0 Å². The first-order chi connectivity index (χ1) is 16.2. The number of carbonyl (C=O) groups is 2. The zero-order valence-electron chi connectivity index (χ0n) is 18.1. The highest BCUT2D eigenvalue weighted by molar-refractivity contribution is 7.92. The number of benzene rings is 2. The quantitative estimate of drug-likeness (QED) is 0.447. The van der Waals surface area contributed by atoms with E-state index < -0.39 is 16.1 Å². The summed E-state index contributed by atoms with van der Waals surface area (Å²) in [7, 11) is -2.17. The number of aryl methyl sites for hydroxylation is 1. The van der Waals surface area contributed by atoms with E-state index >= 15 is 0 Å². The van der Waals surface area contributed by atoms with Gasteiger partial charge in [0.25, 0.3) is 15.9 Å². The Hall–Kier alpha value is -3.41. The highest BCUT2D eigenvalue weighted by Gasteiger charge is 2.28. The Morgan fingerprint density at radius 2 is 1.79 bits per heavy atom. The van der Waals surface area contributed by atoms with Gasteiger partial charge in [-0.25, -0.2) is 17.9 Å². The second kappa shape index (κ2) is 9.45. The van der Waals surface area contributed by atoms with Crippen molar-refractivity contribution in [2.24, 2.45) is 5.10 Å². The van der Waals surface area contributed by atoms with Crippen molar-refractivity contribution in [2.45, 2.75) is 17.6 Å². The smallest absolute Gasteiger partial charge is 0.333 e. The summed E-state index contributed by atoms with van der Waals surface area (Å²) in [5.74, 6) is -0.245. The number of sulfonamides is 1. The summed E-state index contributed by atoms with van der Waals surface area (Å²) in [6.07, 6.45) is 0.123. The van der Waals surface area contributed by atoms with Gasteiger partial charge in [0.05, 0.1) is 22.8 Å². The predicted molar refractivity (Wildman–Crippen MR) is 134 cm³/mol. The standard InChI is InChI=1S/C22H20ClN5O4S2/c1-13-3-10-21(33-13)34(31,32)27-22(30)25-16-8-9-19(17(23)11-16)28-20(29)12-18(26-28)14-4-6-15(24-2)7-5-14/h3-11,24H,12H2,1-2H3,(H2,25,27,30). The molecule has 0 bridgehead atoms. The minimum atomic E-state index is -3.99. The molecule has 9 nitrogen and oxygen atoms in total. The molecule has 0 saturated heterocycles. The molecule has 0 atom stereocenters. The van der Waals surface area contributed by atoms with Crippen LogP contribution in [0.1, 0.15) is 16.9 Å². The van der Waals surface area contributed by atoms with Crippen LogP contribution >= 0.6 is 22.9 Å². The number of rotatable bonds is 6. The third kappa shape index (κ3) is 5.06. The second-order valence-corrected chi connectivity index (χ2v) is 11.0. The summed E-state index contributed by atoms with van der Waals surface area (Å²) in [5, 5.41) is 11.3. The molecular weight excluding hydrogens is 498 g/mol. The van der Waals surface area contributed by atoms with Crippen molar-refractivity contribution in [3.8, 4) is 0 Å². The summed E-state index contributed by atoms with van der Waals surface area (Å²) in [4.78, 5) is 25.6. The number of amides is 3. The molecule has 3 amide bonds. The lowest BCUT2D eigenvalue weighted by molar-refractivity contribution is -0.116. The van der Waals surface area contributed by atoms with Gasteiger partial charge in [-0.05, 0) is 55.0 Å². The number of hydrazone groups is 1. The highest BCUT2D eigenvalue weighted by Crippen LogP contribution is 2.32. The van der Waals surface area contributed by atoms with Gasteiger partial charge in [-0.3, -0.25) is 4.79 Å². The molecule has 2 aromatic carbocycles. The minimum Gasteiger partial charge on any atom is -0.388 e. The Balaban J connectivity index is 1.47. The zero-order chi connectivity index (χ0) is 24.5. The SMILES string of the molecule is CNc1ccc(C2=NN(c3ccc(NC(=O)NS(=O)(=O)c4ccc(C)s4)cc3Cl)C(=O)C2)cc1. The largest absolute Gasteiger partial charge is 0.388 e. The summed E-state index contributed by atoms with van der Waals surface area (Å²) >= 11 is 7.42. The Labute approximate surface area is 205 Å². The van der Waals surface area contributed by atoms with Crippen LogP contribution < -0.4 is 20.4 Å². The van der Waals surface area contributed by atoms with Crippen molar-refractivity contribution in [3.05, 3.63) is 70.1 Å². The molecule has 3 aromatic rings. The number of thiophene rings is 1. The Morgan fingerprint density at radius 1 is 1.09 bits per heavy atom. The third-order valence-electron chi connectivity index (χ3n) is 4.92. The number of halogens is 1. The summed E-state index contributed by atoms with van der Waals surface area (Å²) < 4.78 is 26.6. The normalized spacial score (nSPS) is 13.6. The fourth-order valence-electron chi connectivity index (χ4n) is 3.25. The van der Waals surface area contributed by atoms with Gasteiger partial charge >= 0.3 is 6.03 Å². The first kappa shape index (κ1) is 23.7. The maximum atomic E-state index is 12.6. The molecule has 0 spiro atoms. The minimum absolute atomic E-state index is 0.0374. The molecule has 34 heavy (non-hydrogen) atoms. The fourth-order valence-corrected chi connectivity index (χ4v) is 5.70. The van der Waals surface area contributed by atoms with E-state index in [0.29, 0.717) is 11.4 Å². The molecular formula is C22H20ClN5O4S2. The number of hydrogen-bond donors (Lipinski definition) is 3. The molecule has 0 unspecified atom stereocenters. The van der Waals surface area contributed by atoms with Crippen LogP contribution in [0.4, 0.5) is 21.9 Å². The summed E-state index contributed by atoms with van der Waals surface area (Å²) in [6, 6.07) is 14.1. The van der Waals surface area contributed by atoms with Crippen LogP contribution in [-0.4, -0.2) is 33.1 Å². The van der Waals surface area contributed by atoms with E-state index in [9.17, 15) is 18.0 Å². The summed E-state index contributed by atoms with van der Waals surface area (Å²) in [6.45, 7) is 1.77. The molecule has 0 saturated carbocycles. The molecule has 12 heteroatoms. The maximum Gasteiger partial charge on any atom is 0.333 e. The van der Waals surface area contributed by atoms with Crippen molar-refractivity contribution in [2.75, 3.05) is 22.7 Å². The molecule has 1 aromatic heterocycles. The molecule has 0 radical (unpaired) electrons. The number of nitrogens with one attached hydrogen (secondary N) is 3. The van der Waals surface area contributed by atoms with Crippen molar-refractivity contribution in [1.29, 1.82) is 0 Å². The van der Waals surface area contributed by atoms with Gasteiger partial charge < -0.3 is 10.6 Å². The first-order valence-corrected chi connectivity index (χ1v) is 12.7. The average Bonchev–Trinajstić information content (AvgIpc) is 3.40. The van der Waals surface area contributed by atoms with Gasteiger partial charge in [0.15, 0.2) is 0 Å². The van der Waals surface area contributed by atoms with Crippen LogP contribution in [0.2, 0.25) is 5.02 Å². The van der Waals surface area contributed by atoms with Gasteiger partial charge in [-0.1, -0.05) is 23.7 Å². The van der Waals surface area contributed by atoms with E-state index in [-0.39, 0.29) is 27.2 Å². The maximum absolute atomic E-state index is 12.6. The average molecular weight is 518 g/mol. The predicted octanol–water partition coefficient (Wildman–Crippen LogP) is 4.40. The highest BCUT2D eigenvalue weighted by atomic mass is 35.5. The van der Waals surface area contributed by atoms with E-state index in [2.05, 4.69) is 15.7 Å². The molecule has 1 aliphatic rings. The molecule has 4 rings (SSSR count). The van der Waals surface area contributed by atoms with Gasteiger partial charge in [0.2, 0.25) is 0 Å². The van der Waals surface area contributed by atoms with Crippen LogP contribution in [0.15, 0.2) is 63.9 Å². The van der Waals surface area contributed by atoms with Gasteiger partial charge in [-0.15, -0.1) is 11.3 Å². The van der Waals surface area contributed by atoms with E-state index in [1.807, 2.05) is 36.0 Å². The second-order valence-electron chi connectivity index (χ2n) is 7.35. The van der Waals surface area contributed by atoms with E-state index in [4.69, 9.17) is 11.6 Å². The lowest BCUT2D eigenvalue weighted by atomic mass is 10.1. The number of anilines is 3. The van der Waals surface area contributed by atoms with Gasteiger partial charge in [-0.2, -0.15) is 10.1 Å². The topological polar surface area (TPSA) is 120 Å².